The minimum atomic E-state index is -5.00. The van der Waals surface area contributed by atoms with Crippen LogP contribution in [0, 0.1) is 0 Å². The number of phenolic OH excluding ortho intramolecular Hbond substituents is 1. The molecule has 0 aliphatic rings. The van der Waals surface area contributed by atoms with Gasteiger partial charge in [0.25, 0.3) is 20.2 Å². The van der Waals surface area contributed by atoms with Crippen LogP contribution in [-0.2, 0) is 20.2 Å². The van der Waals surface area contributed by atoms with Crippen LogP contribution in [0.5, 0.6) is 5.75 Å². The summed E-state index contributed by atoms with van der Waals surface area (Å²) in [4.78, 5) is 13.0. The summed E-state index contributed by atoms with van der Waals surface area (Å²) in [5.74, 6) is -0.569. The lowest BCUT2D eigenvalue weighted by atomic mass is 10.1. The average molecular weight is 692 g/mol. The molecule has 47 heavy (non-hydrogen) atoms. The number of hydrogen-bond donors (Lipinski definition) is 4. The minimum Gasteiger partial charge on any atom is -0.505 e. The highest BCUT2D eigenvalue weighted by Crippen LogP contribution is 2.45. The van der Waals surface area contributed by atoms with E-state index in [0.717, 1.165) is 11.8 Å². The number of anilines is 4. The van der Waals surface area contributed by atoms with Gasteiger partial charge in [0.2, 0.25) is 17.2 Å². The monoisotopic (exact) mass is 691 g/mol. The van der Waals surface area contributed by atoms with E-state index in [0.29, 0.717) is 5.39 Å². The summed E-state index contributed by atoms with van der Waals surface area (Å²) in [5, 5.41) is 22.8. The Labute approximate surface area is 272 Å². The maximum absolute atomic E-state index is 12.4. The highest BCUT2D eigenvalue weighted by atomic mass is 35.5. The number of benzene rings is 5. The summed E-state index contributed by atoms with van der Waals surface area (Å²) in [6.45, 7) is 0. The Bertz CT molecular complexity index is 2450. The zero-order valence-corrected chi connectivity index (χ0v) is 26.4. The third kappa shape index (κ3) is 6.40. The topological polar surface area (TPSA) is 208 Å². The van der Waals surface area contributed by atoms with Gasteiger partial charge < -0.3 is 15.3 Å². The molecule has 0 fully saturated rings. The number of aromatic nitrogens is 3. The summed E-state index contributed by atoms with van der Waals surface area (Å²) in [5.41, 5.74) is -0.117. The quantitative estimate of drug-likeness (QED) is 0.0943. The van der Waals surface area contributed by atoms with Crippen LogP contribution < -0.4 is 10.2 Å². The van der Waals surface area contributed by atoms with E-state index in [4.69, 9.17) is 11.6 Å². The SMILES string of the molecule is CN(c1ccccc1)c1nc(Cl)nc(Nc2cccc3cc(S(=O)(=O)O)c(/N=N/c4ccc5ccccc5c4S(=O)(=O)O)c(O)c23)n1. The molecule has 0 spiro atoms. The van der Waals surface area contributed by atoms with E-state index >= 15 is 0 Å². The average Bonchev–Trinajstić information content (AvgIpc) is 3.02. The molecule has 238 valence electrons. The Kier molecular flexibility index (Phi) is 8.20. The number of aromatic hydroxyl groups is 1. The molecule has 0 saturated carbocycles. The maximum atomic E-state index is 12.4. The van der Waals surface area contributed by atoms with Crippen LogP contribution in [0.15, 0.2) is 111 Å². The molecule has 0 atom stereocenters. The van der Waals surface area contributed by atoms with E-state index in [-0.39, 0.29) is 44.7 Å². The molecule has 5 aromatic carbocycles. The molecule has 0 aliphatic heterocycles. The first-order chi connectivity index (χ1) is 22.3. The fourth-order valence-electron chi connectivity index (χ4n) is 4.92. The van der Waals surface area contributed by atoms with Gasteiger partial charge in [-0.05, 0) is 52.7 Å². The highest BCUT2D eigenvalue weighted by molar-refractivity contribution is 7.86. The van der Waals surface area contributed by atoms with Gasteiger partial charge in [0.1, 0.15) is 21.2 Å². The molecular formula is C30H22ClN7O7S2. The first kappa shape index (κ1) is 31.7. The number of para-hydroxylation sites is 1. The number of fused-ring (bicyclic) bond motifs is 2. The van der Waals surface area contributed by atoms with Crippen LogP contribution in [0.2, 0.25) is 5.28 Å². The van der Waals surface area contributed by atoms with Crippen LogP contribution in [0.4, 0.5) is 34.6 Å². The molecular weight excluding hydrogens is 670 g/mol. The summed E-state index contributed by atoms with van der Waals surface area (Å²) in [6.07, 6.45) is 0. The third-order valence-corrected chi connectivity index (χ3v) is 9.00. The van der Waals surface area contributed by atoms with Crippen molar-refractivity contribution in [2.45, 2.75) is 9.79 Å². The molecule has 6 aromatic rings. The van der Waals surface area contributed by atoms with Gasteiger partial charge in [-0.15, -0.1) is 10.2 Å². The van der Waals surface area contributed by atoms with Crippen molar-refractivity contribution in [1.82, 2.24) is 15.0 Å². The Morgan fingerprint density at radius 3 is 2.21 bits per heavy atom. The molecule has 17 heteroatoms. The lowest BCUT2D eigenvalue weighted by Crippen LogP contribution is -2.14. The fraction of sp³-hybridized carbons (Fsp3) is 0.0333. The van der Waals surface area contributed by atoms with E-state index in [9.17, 15) is 31.0 Å². The fourth-order valence-corrected chi connectivity index (χ4v) is 6.57. The van der Waals surface area contributed by atoms with Crippen LogP contribution in [0.3, 0.4) is 0 Å². The number of nitrogens with zero attached hydrogens (tertiary/aromatic N) is 6. The first-order valence-electron chi connectivity index (χ1n) is 13.5. The van der Waals surface area contributed by atoms with E-state index in [1.54, 1.807) is 36.2 Å². The van der Waals surface area contributed by atoms with E-state index < -0.39 is 41.5 Å². The highest BCUT2D eigenvalue weighted by Gasteiger charge is 2.25. The smallest absolute Gasteiger partial charge is 0.297 e. The Balaban J connectivity index is 1.49. The molecule has 0 unspecified atom stereocenters. The lowest BCUT2D eigenvalue weighted by molar-refractivity contribution is 0.472. The second-order valence-electron chi connectivity index (χ2n) is 10.0. The van der Waals surface area contributed by atoms with Gasteiger partial charge in [-0.3, -0.25) is 9.11 Å². The summed E-state index contributed by atoms with van der Waals surface area (Å²) in [7, 11) is -8.12. The summed E-state index contributed by atoms with van der Waals surface area (Å²) >= 11 is 6.21. The van der Waals surface area contributed by atoms with Gasteiger partial charge in [-0.1, -0.05) is 60.7 Å². The van der Waals surface area contributed by atoms with Gasteiger partial charge in [-0.25, -0.2) is 0 Å². The Hall–Kier alpha value is -5.26. The molecule has 4 N–H and O–H groups in total. The molecule has 6 rings (SSSR count). The van der Waals surface area contributed by atoms with E-state index in [1.807, 2.05) is 30.3 Å². The molecule has 0 aliphatic carbocycles. The summed E-state index contributed by atoms with van der Waals surface area (Å²) < 4.78 is 69.7. The number of nitrogens with one attached hydrogen (secondary N) is 1. The van der Waals surface area contributed by atoms with Gasteiger partial charge in [0.15, 0.2) is 5.75 Å². The molecule has 0 bridgehead atoms. The number of rotatable bonds is 8. The second kappa shape index (κ2) is 12.2. The van der Waals surface area contributed by atoms with Crippen LogP contribution in [-0.4, -0.2) is 53.0 Å². The third-order valence-electron chi connectivity index (χ3n) is 7.02. The number of halogens is 1. The zero-order chi connectivity index (χ0) is 33.5. The van der Waals surface area contributed by atoms with Crippen molar-refractivity contribution in [2.24, 2.45) is 10.2 Å². The van der Waals surface area contributed by atoms with Gasteiger partial charge in [0, 0.05) is 23.5 Å². The molecule has 1 aromatic heterocycles. The maximum Gasteiger partial charge on any atom is 0.297 e. The second-order valence-corrected chi connectivity index (χ2v) is 13.1. The lowest BCUT2D eigenvalue weighted by Gasteiger charge is -2.18. The van der Waals surface area contributed by atoms with Crippen molar-refractivity contribution in [3.05, 3.63) is 96.3 Å². The van der Waals surface area contributed by atoms with Crippen molar-refractivity contribution in [1.29, 1.82) is 0 Å². The number of phenols is 1. The van der Waals surface area contributed by atoms with Crippen molar-refractivity contribution < 1.29 is 31.0 Å². The van der Waals surface area contributed by atoms with Crippen molar-refractivity contribution in [2.75, 3.05) is 17.3 Å². The van der Waals surface area contributed by atoms with Crippen LogP contribution in [0.1, 0.15) is 0 Å². The van der Waals surface area contributed by atoms with Crippen molar-refractivity contribution in [3.63, 3.8) is 0 Å². The van der Waals surface area contributed by atoms with Gasteiger partial charge in [0.05, 0.1) is 5.69 Å². The Morgan fingerprint density at radius 2 is 1.49 bits per heavy atom. The standard InChI is InChI=1S/C30H22ClN7O7S2/c1-38(19-10-3-2-4-11-19)30-34-28(31)33-29(35-30)32-21-13-7-9-18-16-23(46(40,41)42)25(26(39)24(18)21)37-36-22-15-14-17-8-5-6-12-20(17)27(22)47(43,44)45/h2-16,39H,1H3,(H,40,41,42)(H,43,44,45)(H,32,33,34,35)/b37-36+. The molecule has 0 saturated heterocycles. The van der Waals surface area contributed by atoms with E-state index in [2.05, 4.69) is 30.5 Å². The van der Waals surface area contributed by atoms with Gasteiger partial charge >= 0.3 is 0 Å². The summed E-state index contributed by atoms with van der Waals surface area (Å²) in [6, 6.07) is 23.9. The minimum absolute atomic E-state index is 0.0225. The largest absolute Gasteiger partial charge is 0.505 e. The molecule has 1 heterocycles. The molecule has 14 nitrogen and oxygen atoms in total. The molecule has 0 radical (unpaired) electrons. The Morgan fingerprint density at radius 1 is 0.787 bits per heavy atom. The first-order valence-corrected chi connectivity index (χ1v) is 16.7. The van der Waals surface area contributed by atoms with Crippen molar-refractivity contribution >= 4 is 88.0 Å². The van der Waals surface area contributed by atoms with E-state index in [1.165, 1.54) is 30.3 Å². The van der Waals surface area contributed by atoms with Gasteiger partial charge in [-0.2, -0.15) is 31.8 Å². The van der Waals surface area contributed by atoms with Crippen LogP contribution in [0.25, 0.3) is 21.5 Å². The number of hydrogen-bond acceptors (Lipinski definition) is 12. The predicted octanol–water partition coefficient (Wildman–Crippen LogP) is 6.96. The zero-order valence-electron chi connectivity index (χ0n) is 24.0. The van der Waals surface area contributed by atoms with Crippen molar-refractivity contribution in [3.8, 4) is 5.75 Å². The number of azo groups is 1. The molecule has 0 amide bonds. The normalized spacial score (nSPS) is 12.2. The van der Waals surface area contributed by atoms with Crippen LogP contribution >= 0.6 is 11.6 Å². The predicted molar refractivity (Wildman–Crippen MR) is 176 cm³/mol.